The highest BCUT2D eigenvalue weighted by atomic mass is 32.2. The molecule has 0 radical (unpaired) electrons. The van der Waals surface area contributed by atoms with Gasteiger partial charge in [0.05, 0.1) is 29.7 Å². The molecular formula is C27H29F2N7O4S. The van der Waals surface area contributed by atoms with Crippen LogP contribution in [0.5, 0.6) is 0 Å². The Bertz CT molecular complexity index is 1690. The molecular weight excluding hydrogens is 556 g/mol. The molecule has 1 fully saturated rings. The van der Waals surface area contributed by atoms with Gasteiger partial charge >= 0.3 is 0 Å². The number of nitrogens with one attached hydrogen (secondary N) is 4. The molecule has 1 unspecified atom stereocenters. The van der Waals surface area contributed by atoms with Gasteiger partial charge in [-0.05, 0) is 18.2 Å². The first-order valence-electron chi connectivity index (χ1n) is 12.8. The Balaban J connectivity index is 1.44. The Kier molecular flexibility index (Phi) is 8.26. The zero-order valence-corrected chi connectivity index (χ0v) is 23.2. The number of aromatic amines is 1. The predicted molar refractivity (Wildman–Crippen MR) is 151 cm³/mol. The molecule has 3 heterocycles. The second kappa shape index (κ2) is 11.9. The fraction of sp³-hybridized carbons (Fsp3) is 0.296. The second-order valence-electron chi connectivity index (χ2n) is 9.58. The Morgan fingerprint density at radius 2 is 1.88 bits per heavy atom. The van der Waals surface area contributed by atoms with Crippen LogP contribution in [0.3, 0.4) is 0 Å². The SMILES string of the molecule is COCC(C(=O)Nc1cccc2c(-c3nc(Nc4cccc(S(C)(=O)=O)c4F)ncc3F)c[nH]c12)N1CCNCC1. The first-order valence-corrected chi connectivity index (χ1v) is 14.7. The van der Waals surface area contributed by atoms with Gasteiger partial charge in [-0.1, -0.05) is 18.2 Å². The van der Waals surface area contributed by atoms with Crippen LogP contribution < -0.4 is 16.0 Å². The number of carbonyl (C=O) groups excluding carboxylic acids is 1. The Labute approximate surface area is 235 Å². The standard InChI is InChI=1S/C27H29F2N7O4S/c1-40-15-21(36-11-9-30-10-12-36)26(37)33-20-7-3-5-16-17(13-31-25(16)20)24-18(28)14-32-27(35-24)34-19-6-4-8-22(23(19)29)41(2,38)39/h3-8,13-14,21,30-31H,9-12,15H2,1-2H3,(H,33,37)(H,32,34,35). The van der Waals surface area contributed by atoms with Crippen molar-refractivity contribution >= 4 is 44.0 Å². The molecule has 0 aliphatic carbocycles. The number of hydrogen-bond donors (Lipinski definition) is 4. The summed E-state index contributed by atoms with van der Waals surface area (Å²) in [6.07, 6.45) is 3.40. The van der Waals surface area contributed by atoms with E-state index in [4.69, 9.17) is 4.74 Å². The lowest BCUT2D eigenvalue weighted by molar-refractivity contribution is -0.123. The van der Waals surface area contributed by atoms with E-state index < -0.39 is 32.4 Å². The van der Waals surface area contributed by atoms with Crippen LogP contribution in [0.4, 0.5) is 26.1 Å². The van der Waals surface area contributed by atoms with Gasteiger partial charge in [0, 0.05) is 56.7 Å². The first kappa shape index (κ1) is 28.5. The van der Waals surface area contributed by atoms with Gasteiger partial charge < -0.3 is 25.7 Å². The highest BCUT2D eigenvalue weighted by Crippen LogP contribution is 2.34. The molecule has 5 rings (SSSR count). The van der Waals surface area contributed by atoms with Gasteiger partial charge in [-0.3, -0.25) is 9.69 Å². The van der Waals surface area contributed by atoms with Gasteiger partial charge in [0.25, 0.3) is 0 Å². The van der Waals surface area contributed by atoms with E-state index in [1.165, 1.54) is 12.1 Å². The molecule has 14 heteroatoms. The maximum atomic E-state index is 15.0. The number of carbonyl (C=O) groups is 1. The van der Waals surface area contributed by atoms with E-state index >= 15 is 0 Å². The fourth-order valence-corrected chi connectivity index (χ4v) is 5.56. The van der Waals surface area contributed by atoms with Crippen LogP contribution in [0.25, 0.3) is 22.2 Å². The number of H-pyrrole nitrogens is 1. The van der Waals surface area contributed by atoms with Crippen LogP contribution in [0.15, 0.2) is 53.7 Å². The van der Waals surface area contributed by atoms with Crippen LogP contribution in [0, 0.1) is 11.6 Å². The van der Waals surface area contributed by atoms with E-state index in [9.17, 15) is 22.0 Å². The van der Waals surface area contributed by atoms with Crippen molar-refractivity contribution in [2.75, 3.05) is 56.8 Å². The van der Waals surface area contributed by atoms with Gasteiger partial charge in [0.1, 0.15) is 16.6 Å². The highest BCUT2D eigenvalue weighted by Gasteiger charge is 2.28. The molecule has 1 saturated heterocycles. The van der Waals surface area contributed by atoms with Crippen LogP contribution in [-0.4, -0.2) is 86.4 Å². The summed E-state index contributed by atoms with van der Waals surface area (Å²) in [6, 6.07) is 8.59. The highest BCUT2D eigenvalue weighted by molar-refractivity contribution is 7.90. The number of benzene rings is 2. The molecule has 11 nitrogen and oxygen atoms in total. The summed E-state index contributed by atoms with van der Waals surface area (Å²) in [5.41, 5.74) is 1.20. The van der Waals surface area contributed by atoms with E-state index in [0.717, 1.165) is 31.6 Å². The van der Waals surface area contributed by atoms with Crippen molar-refractivity contribution in [3.05, 3.63) is 60.4 Å². The second-order valence-corrected chi connectivity index (χ2v) is 11.6. The minimum Gasteiger partial charge on any atom is -0.383 e. The smallest absolute Gasteiger partial charge is 0.244 e. The number of para-hydroxylation sites is 1. The van der Waals surface area contributed by atoms with Gasteiger partial charge in [0.2, 0.25) is 11.9 Å². The number of hydrogen-bond acceptors (Lipinski definition) is 9. The number of fused-ring (bicyclic) bond motifs is 1. The van der Waals surface area contributed by atoms with Crippen molar-refractivity contribution in [1.82, 2.24) is 25.2 Å². The van der Waals surface area contributed by atoms with E-state index in [1.54, 1.807) is 31.5 Å². The molecule has 2 aromatic carbocycles. The molecule has 1 atom stereocenters. The van der Waals surface area contributed by atoms with Gasteiger partial charge in [-0.15, -0.1) is 0 Å². The van der Waals surface area contributed by atoms with Crippen molar-refractivity contribution in [3.8, 4) is 11.3 Å². The maximum absolute atomic E-state index is 15.0. The molecule has 216 valence electrons. The minimum atomic E-state index is -3.81. The van der Waals surface area contributed by atoms with Gasteiger partial charge in [-0.2, -0.15) is 0 Å². The van der Waals surface area contributed by atoms with Crippen molar-refractivity contribution in [2.45, 2.75) is 10.9 Å². The van der Waals surface area contributed by atoms with E-state index in [2.05, 4.69) is 35.8 Å². The van der Waals surface area contributed by atoms with Crippen LogP contribution in [-0.2, 0) is 19.4 Å². The quantitative estimate of drug-likeness (QED) is 0.233. The number of aromatic nitrogens is 3. The normalized spacial score (nSPS) is 15.1. The van der Waals surface area contributed by atoms with Crippen LogP contribution in [0.1, 0.15) is 0 Å². The van der Waals surface area contributed by atoms with E-state index in [1.807, 2.05) is 0 Å². The average molecular weight is 586 g/mol. The summed E-state index contributed by atoms with van der Waals surface area (Å²) in [5.74, 6) is -2.08. The lowest BCUT2D eigenvalue weighted by Gasteiger charge is -2.33. The molecule has 4 N–H and O–H groups in total. The molecule has 4 aromatic rings. The van der Waals surface area contributed by atoms with Gasteiger partial charge in [-0.25, -0.2) is 27.2 Å². The number of halogens is 2. The number of piperazine rings is 1. The molecule has 2 aromatic heterocycles. The minimum absolute atomic E-state index is 0.0741. The predicted octanol–water partition coefficient (Wildman–Crippen LogP) is 2.91. The molecule has 1 amide bonds. The molecule has 0 bridgehead atoms. The summed E-state index contributed by atoms with van der Waals surface area (Å²) < 4.78 is 59.0. The number of methoxy groups -OCH3 is 1. The maximum Gasteiger partial charge on any atom is 0.244 e. The Morgan fingerprint density at radius 3 is 2.61 bits per heavy atom. The molecule has 41 heavy (non-hydrogen) atoms. The number of nitrogens with zero attached hydrogens (tertiary/aromatic N) is 3. The zero-order valence-electron chi connectivity index (χ0n) is 22.4. The fourth-order valence-electron chi connectivity index (χ4n) is 4.80. The van der Waals surface area contributed by atoms with E-state index in [-0.39, 0.29) is 29.8 Å². The summed E-state index contributed by atoms with van der Waals surface area (Å²) >= 11 is 0. The van der Waals surface area contributed by atoms with E-state index in [0.29, 0.717) is 35.2 Å². The van der Waals surface area contributed by atoms with Crippen LogP contribution in [0.2, 0.25) is 0 Å². The van der Waals surface area contributed by atoms with Crippen molar-refractivity contribution in [3.63, 3.8) is 0 Å². The van der Waals surface area contributed by atoms with Crippen molar-refractivity contribution < 1.29 is 26.7 Å². The molecule has 0 spiro atoms. The molecule has 1 aliphatic heterocycles. The number of ether oxygens (including phenoxy) is 1. The largest absolute Gasteiger partial charge is 0.383 e. The third kappa shape index (κ3) is 6.05. The number of amides is 1. The lowest BCUT2D eigenvalue weighted by Crippen LogP contribution is -2.54. The zero-order chi connectivity index (χ0) is 29.1. The van der Waals surface area contributed by atoms with Crippen molar-refractivity contribution in [2.24, 2.45) is 0 Å². The third-order valence-corrected chi connectivity index (χ3v) is 7.92. The average Bonchev–Trinajstić information content (AvgIpc) is 3.38. The molecule has 0 saturated carbocycles. The number of rotatable bonds is 9. The topological polar surface area (TPSA) is 141 Å². The number of anilines is 3. The van der Waals surface area contributed by atoms with Gasteiger partial charge in [0.15, 0.2) is 21.5 Å². The van der Waals surface area contributed by atoms with Crippen LogP contribution >= 0.6 is 0 Å². The summed E-state index contributed by atoms with van der Waals surface area (Å²) in [4.78, 5) is 26.1. The first-order chi connectivity index (χ1) is 19.7. The summed E-state index contributed by atoms with van der Waals surface area (Å²) in [5, 5.41) is 9.46. The molecule has 1 aliphatic rings. The number of sulfone groups is 1. The lowest BCUT2D eigenvalue weighted by atomic mass is 10.1. The Morgan fingerprint density at radius 1 is 1.15 bits per heavy atom. The third-order valence-electron chi connectivity index (χ3n) is 6.80. The van der Waals surface area contributed by atoms with Crippen molar-refractivity contribution in [1.29, 1.82) is 0 Å². The monoisotopic (exact) mass is 585 g/mol. The Hall–Kier alpha value is -3.98. The summed E-state index contributed by atoms with van der Waals surface area (Å²) in [6.45, 7) is 3.21. The summed E-state index contributed by atoms with van der Waals surface area (Å²) in [7, 11) is -2.26.